The Balaban J connectivity index is 1.94. The van der Waals surface area contributed by atoms with Gasteiger partial charge in [0.2, 0.25) is 0 Å². The Bertz CT molecular complexity index is 1090. The summed E-state index contributed by atoms with van der Waals surface area (Å²) >= 11 is 0. The largest absolute Gasteiger partial charge is 0.383 e. The monoisotopic (exact) mass is 380 g/mol. The minimum absolute atomic E-state index is 0.0630. The van der Waals surface area contributed by atoms with Crippen molar-refractivity contribution in [2.24, 2.45) is 0 Å². The maximum Gasteiger partial charge on any atom is 0.287 e. The molecule has 0 saturated carbocycles. The quantitative estimate of drug-likeness (QED) is 0.728. The molecule has 28 heavy (non-hydrogen) atoms. The van der Waals surface area contributed by atoms with Gasteiger partial charge in [-0.3, -0.25) is 0 Å². The number of fused-ring (bicyclic) bond motifs is 1. The highest BCUT2D eigenvalue weighted by Gasteiger charge is 2.34. The number of benzene rings is 1. The molecule has 8 heteroatoms. The Labute approximate surface area is 160 Å². The molecule has 0 aliphatic carbocycles. The number of nitrogen functional groups attached to an aromatic ring is 1. The first kappa shape index (κ1) is 18.1. The van der Waals surface area contributed by atoms with Crippen molar-refractivity contribution in [2.45, 2.75) is 25.8 Å². The highest BCUT2D eigenvalue weighted by molar-refractivity contribution is 5.70. The number of anilines is 1. The summed E-state index contributed by atoms with van der Waals surface area (Å²) in [6, 6.07) is 9.03. The smallest absolute Gasteiger partial charge is 0.287 e. The van der Waals surface area contributed by atoms with E-state index in [1.165, 1.54) is 23.1 Å². The number of rotatable bonds is 3. The number of alkyl halides is 2. The van der Waals surface area contributed by atoms with Gasteiger partial charge in [-0.05, 0) is 36.2 Å². The molecule has 3 heterocycles. The molecule has 0 radical (unpaired) electrons. The molecule has 0 atom stereocenters. The second kappa shape index (κ2) is 6.69. The minimum Gasteiger partial charge on any atom is -0.383 e. The van der Waals surface area contributed by atoms with Gasteiger partial charge in [-0.15, -0.1) is 0 Å². The van der Waals surface area contributed by atoms with Gasteiger partial charge in [0.05, 0.1) is 17.4 Å². The SMILES string of the molecule is CC(F)(F)c1c(-c2cnc(N)c(C#N)c2)cnn1-c1cccc2c1CCNC2. The molecule has 3 N–H and O–H groups in total. The van der Waals surface area contributed by atoms with E-state index in [0.717, 1.165) is 31.0 Å². The highest BCUT2D eigenvalue weighted by atomic mass is 19.3. The van der Waals surface area contributed by atoms with Crippen molar-refractivity contribution in [2.75, 3.05) is 12.3 Å². The van der Waals surface area contributed by atoms with Crippen LogP contribution in [0.25, 0.3) is 16.8 Å². The molecule has 0 saturated heterocycles. The molecule has 0 unspecified atom stereocenters. The van der Waals surface area contributed by atoms with E-state index in [9.17, 15) is 14.0 Å². The van der Waals surface area contributed by atoms with E-state index in [0.29, 0.717) is 17.8 Å². The summed E-state index contributed by atoms with van der Waals surface area (Å²) in [6.45, 7) is 2.32. The summed E-state index contributed by atoms with van der Waals surface area (Å²) in [5, 5.41) is 16.8. The van der Waals surface area contributed by atoms with Crippen LogP contribution in [-0.2, 0) is 18.9 Å². The third kappa shape index (κ3) is 3.00. The summed E-state index contributed by atoms with van der Waals surface area (Å²) in [4.78, 5) is 3.97. The van der Waals surface area contributed by atoms with Gasteiger partial charge in [0.1, 0.15) is 17.6 Å². The summed E-state index contributed by atoms with van der Waals surface area (Å²) in [6.07, 6.45) is 3.51. The van der Waals surface area contributed by atoms with E-state index in [-0.39, 0.29) is 22.6 Å². The summed E-state index contributed by atoms with van der Waals surface area (Å²) < 4.78 is 30.7. The Morgan fingerprint density at radius 3 is 2.89 bits per heavy atom. The Kier molecular flexibility index (Phi) is 4.32. The summed E-state index contributed by atoms with van der Waals surface area (Å²) in [7, 11) is 0. The van der Waals surface area contributed by atoms with Crippen molar-refractivity contribution in [1.29, 1.82) is 5.26 Å². The average molecular weight is 380 g/mol. The molecule has 0 bridgehead atoms. The van der Waals surface area contributed by atoms with Crippen LogP contribution in [0.15, 0.2) is 36.7 Å². The predicted octanol–water partition coefficient (Wildman–Crippen LogP) is 3.15. The van der Waals surface area contributed by atoms with E-state index in [1.807, 2.05) is 18.2 Å². The highest BCUT2D eigenvalue weighted by Crippen LogP contribution is 2.38. The fourth-order valence-corrected chi connectivity index (χ4v) is 3.59. The van der Waals surface area contributed by atoms with Gasteiger partial charge in [-0.2, -0.15) is 19.1 Å². The normalized spacial score (nSPS) is 13.8. The van der Waals surface area contributed by atoms with Crippen LogP contribution in [0.2, 0.25) is 0 Å². The lowest BCUT2D eigenvalue weighted by atomic mass is 9.98. The van der Waals surface area contributed by atoms with Crippen LogP contribution < -0.4 is 11.1 Å². The van der Waals surface area contributed by atoms with Crippen molar-refractivity contribution >= 4 is 5.82 Å². The lowest BCUT2D eigenvalue weighted by Gasteiger charge is -2.22. The van der Waals surface area contributed by atoms with E-state index in [4.69, 9.17) is 5.73 Å². The van der Waals surface area contributed by atoms with Crippen LogP contribution in [0.5, 0.6) is 0 Å². The van der Waals surface area contributed by atoms with Gasteiger partial charge in [0.15, 0.2) is 0 Å². The van der Waals surface area contributed by atoms with Crippen molar-refractivity contribution in [1.82, 2.24) is 20.1 Å². The fraction of sp³-hybridized carbons (Fsp3) is 0.250. The second-order valence-corrected chi connectivity index (χ2v) is 6.82. The number of pyridine rings is 1. The molecule has 6 nitrogen and oxygen atoms in total. The molecule has 2 aromatic heterocycles. The maximum absolute atomic E-state index is 14.7. The van der Waals surface area contributed by atoms with Gasteiger partial charge < -0.3 is 11.1 Å². The van der Waals surface area contributed by atoms with Crippen LogP contribution in [0.4, 0.5) is 14.6 Å². The van der Waals surface area contributed by atoms with Crippen molar-refractivity contribution < 1.29 is 8.78 Å². The topological polar surface area (TPSA) is 92.6 Å². The molecule has 0 amide bonds. The molecular weight excluding hydrogens is 362 g/mol. The molecule has 1 aromatic carbocycles. The number of nitrogens with two attached hydrogens (primary N) is 1. The average Bonchev–Trinajstić information content (AvgIpc) is 3.13. The lowest BCUT2D eigenvalue weighted by Crippen LogP contribution is -2.26. The first-order valence-electron chi connectivity index (χ1n) is 8.84. The maximum atomic E-state index is 14.7. The standard InChI is InChI=1S/C20H18F2N6/c1-20(21,22)18-16(14-7-13(8-23)19(24)26-10-14)11-27-28(18)17-4-2-3-12-9-25-6-5-15(12)17/h2-4,7,10-11,25H,5-6,9H2,1H3,(H2,24,26). The number of nitriles is 1. The predicted molar refractivity (Wildman–Crippen MR) is 101 cm³/mol. The second-order valence-electron chi connectivity index (χ2n) is 6.82. The zero-order chi connectivity index (χ0) is 19.9. The molecule has 142 valence electrons. The van der Waals surface area contributed by atoms with Gasteiger partial charge in [0.25, 0.3) is 5.92 Å². The molecule has 1 aliphatic rings. The summed E-state index contributed by atoms with van der Waals surface area (Å²) in [5.41, 5.74) is 8.89. The molecular formula is C20H18F2N6. The van der Waals surface area contributed by atoms with E-state index < -0.39 is 5.92 Å². The first-order valence-corrected chi connectivity index (χ1v) is 8.84. The van der Waals surface area contributed by atoms with Gasteiger partial charge in [-0.1, -0.05) is 12.1 Å². The lowest BCUT2D eigenvalue weighted by molar-refractivity contribution is 0.0108. The molecule has 0 fully saturated rings. The number of aromatic nitrogens is 3. The Morgan fingerprint density at radius 1 is 1.32 bits per heavy atom. The zero-order valence-corrected chi connectivity index (χ0v) is 15.2. The number of nitrogens with zero attached hydrogens (tertiary/aromatic N) is 4. The van der Waals surface area contributed by atoms with Crippen LogP contribution in [0, 0.1) is 11.3 Å². The van der Waals surface area contributed by atoms with Gasteiger partial charge in [-0.25, -0.2) is 9.67 Å². The van der Waals surface area contributed by atoms with E-state index in [2.05, 4.69) is 15.4 Å². The molecule has 0 spiro atoms. The number of hydrogen-bond donors (Lipinski definition) is 2. The third-order valence-electron chi connectivity index (χ3n) is 4.88. The summed E-state index contributed by atoms with van der Waals surface area (Å²) in [5.74, 6) is -3.09. The van der Waals surface area contributed by atoms with Crippen LogP contribution in [0.1, 0.15) is 29.3 Å². The zero-order valence-electron chi connectivity index (χ0n) is 15.2. The van der Waals surface area contributed by atoms with Crippen molar-refractivity contribution in [3.63, 3.8) is 0 Å². The molecule has 4 rings (SSSR count). The first-order chi connectivity index (χ1) is 13.4. The van der Waals surface area contributed by atoms with Crippen molar-refractivity contribution in [3.8, 4) is 22.9 Å². The Hall–Kier alpha value is -3.31. The van der Waals surface area contributed by atoms with E-state index in [1.54, 1.807) is 6.07 Å². The molecule has 1 aliphatic heterocycles. The van der Waals surface area contributed by atoms with Gasteiger partial charge in [0, 0.05) is 30.8 Å². The van der Waals surface area contributed by atoms with E-state index >= 15 is 0 Å². The van der Waals surface area contributed by atoms with Crippen LogP contribution >= 0.6 is 0 Å². The molecule has 3 aromatic rings. The number of hydrogen-bond acceptors (Lipinski definition) is 5. The van der Waals surface area contributed by atoms with Gasteiger partial charge >= 0.3 is 0 Å². The van der Waals surface area contributed by atoms with Crippen LogP contribution in [-0.4, -0.2) is 21.3 Å². The van der Waals surface area contributed by atoms with Crippen molar-refractivity contribution in [3.05, 3.63) is 59.0 Å². The third-order valence-corrected chi connectivity index (χ3v) is 4.88. The van der Waals surface area contributed by atoms with Crippen LogP contribution in [0.3, 0.4) is 0 Å². The fourth-order valence-electron chi connectivity index (χ4n) is 3.59. The minimum atomic E-state index is -3.16. The Morgan fingerprint density at radius 2 is 2.14 bits per heavy atom. The number of nitrogens with one attached hydrogen (secondary N) is 1. The number of halogens is 2.